The van der Waals surface area contributed by atoms with Crippen molar-refractivity contribution < 1.29 is 4.42 Å². The maximum absolute atomic E-state index is 14.0. The van der Waals surface area contributed by atoms with Gasteiger partial charge in [-0.15, -0.1) is 0 Å². The molecule has 0 bridgehead atoms. The predicted molar refractivity (Wildman–Crippen MR) is 179 cm³/mol. The van der Waals surface area contributed by atoms with E-state index in [9.17, 15) is 9.59 Å². The van der Waals surface area contributed by atoms with E-state index in [1.165, 1.54) is 0 Å². The molecule has 0 atom stereocenters. The molecule has 0 amide bonds. The molecule has 0 saturated heterocycles. The first kappa shape index (κ1) is 25.2. The number of furan rings is 1. The Kier molecular flexibility index (Phi) is 5.37. The van der Waals surface area contributed by atoms with Crippen molar-refractivity contribution in [3.63, 3.8) is 0 Å². The summed E-state index contributed by atoms with van der Waals surface area (Å²) in [4.78, 5) is 28.0. The van der Waals surface area contributed by atoms with Crippen LogP contribution in [0.4, 0.5) is 0 Å². The fraction of sp³-hybridized carbons (Fsp3) is 0. The van der Waals surface area contributed by atoms with Crippen molar-refractivity contribution in [2.24, 2.45) is 0 Å². The molecule has 0 unspecified atom stereocenters. The Morgan fingerprint density at radius 2 is 0.689 bits per heavy atom. The van der Waals surface area contributed by atoms with Crippen LogP contribution in [-0.2, 0) is 0 Å². The van der Waals surface area contributed by atoms with Gasteiger partial charge in [0.25, 0.3) is 0 Å². The van der Waals surface area contributed by atoms with Crippen LogP contribution in [0.2, 0.25) is 0 Å². The van der Waals surface area contributed by atoms with Crippen LogP contribution in [0.15, 0.2) is 160 Å². The Bertz CT molecular complexity index is 2500. The van der Waals surface area contributed by atoms with Gasteiger partial charge in [-0.3, -0.25) is 18.3 Å². The van der Waals surface area contributed by atoms with Gasteiger partial charge >= 0.3 is 11.4 Å². The van der Waals surface area contributed by atoms with Crippen LogP contribution >= 0.6 is 0 Å². The van der Waals surface area contributed by atoms with Crippen LogP contribution in [-0.4, -0.2) is 18.3 Å². The molecular weight excluding hydrogens is 560 g/mol. The number of nitrogens with zero attached hydrogens (tertiary/aromatic N) is 4. The third-order valence-electron chi connectivity index (χ3n) is 8.47. The third kappa shape index (κ3) is 3.71. The second-order valence-corrected chi connectivity index (χ2v) is 11.0. The van der Waals surface area contributed by atoms with E-state index in [0.717, 1.165) is 55.6 Å². The zero-order valence-corrected chi connectivity index (χ0v) is 23.9. The maximum atomic E-state index is 14.0. The highest BCUT2D eigenvalue weighted by Crippen LogP contribution is 2.33. The highest BCUT2D eigenvalue weighted by Gasteiger charge is 2.19. The van der Waals surface area contributed by atoms with E-state index in [0.29, 0.717) is 11.2 Å². The van der Waals surface area contributed by atoms with Gasteiger partial charge in [-0.2, -0.15) is 0 Å². The lowest BCUT2D eigenvalue weighted by Gasteiger charge is -2.05. The summed E-state index contributed by atoms with van der Waals surface area (Å²) in [7, 11) is 0. The van der Waals surface area contributed by atoms with Crippen LogP contribution in [0, 0.1) is 0 Å². The van der Waals surface area contributed by atoms with Gasteiger partial charge in [-0.25, -0.2) is 9.59 Å². The molecule has 0 aliphatic carbocycles. The first-order chi connectivity index (χ1) is 22.2. The van der Waals surface area contributed by atoms with Gasteiger partial charge in [0.2, 0.25) is 0 Å². The summed E-state index contributed by atoms with van der Waals surface area (Å²) in [5.74, 6) is 0. The summed E-state index contributed by atoms with van der Waals surface area (Å²) in [5, 5.41) is 1.71. The summed E-state index contributed by atoms with van der Waals surface area (Å²) in [5.41, 5.74) is 7.40. The second-order valence-electron chi connectivity index (χ2n) is 11.0. The van der Waals surface area contributed by atoms with Crippen molar-refractivity contribution in [2.45, 2.75) is 0 Å². The molecule has 3 aromatic heterocycles. The molecule has 6 aromatic carbocycles. The van der Waals surface area contributed by atoms with Gasteiger partial charge in [0.15, 0.2) is 0 Å². The van der Waals surface area contributed by atoms with Crippen molar-refractivity contribution >= 4 is 44.0 Å². The molecule has 3 heterocycles. The molecular formula is C38H24N4O3. The SMILES string of the molecule is O=c1n(-c2ccccc2)c2ccccc2n1-c1ccc2oc3ccc(-n4c(=O)n(-c5ccccc5)c5ccccc54)cc3c2c1. The summed E-state index contributed by atoms with van der Waals surface area (Å²) in [6, 6.07) is 46.5. The monoisotopic (exact) mass is 584 g/mol. The van der Waals surface area contributed by atoms with Crippen molar-refractivity contribution in [3.8, 4) is 22.7 Å². The summed E-state index contributed by atoms with van der Waals surface area (Å²) in [6.45, 7) is 0. The van der Waals surface area contributed by atoms with E-state index < -0.39 is 0 Å². The summed E-state index contributed by atoms with van der Waals surface area (Å²) in [6.07, 6.45) is 0. The number of aromatic nitrogens is 4. The van der Waals surface area contributed by atoms with Gasteiger partial charge < -0.3 is 4.42 Å². The molecule has 7 nitrogen and oxygen atoms in total. The average Bonchev–Trinajstić information content (AvgIpc) is 3.70. The zero-order chi connectivity index (χ0) is 30.1. The Balaban J connectivity index is 1.27. The van der Waals surface area contributed by atoms with Crippen LogP contribution in [0.5, 0.6) is 0 Å². The minimum absolute atomic E-state index is 0.157. The first-order valence-electron chi connectivity index (χ1n) is 14.7. The molecule has 214 valence electrons. The van der Waals surface area contributed by atoms with Crippen molar-refractivity contribution in [2.75, 3.05) is 0 Å². The number of fused-ring (bicyclic) bond motifs is 5. The largest absolute Gasteiger partial charge is 0.456 e. The summed E-state index contributed by atoms with van der Waals surface area (Å²) < 4.78 is 13.2. The molecule has 0 spiro atoms. The molecule has 45 heavy (non-hydrogen) atoms. The molecule has 0 radical (unpaired) electrons. The fourth-order valence-corrected chi connectivity index (χ4v) is 6.48. The highest BCUT2D eigenvalue weighted by atomic mass is 16.3. The van der Waals surface area contributed by atoms with Crippen LogP contribution < -0.4 is 11.4 Å². The van der Waals surface area contributed by atoms with Crippen LogP contribution in [0.3, 0.4) is 0 Å². The number of imidazole rings is 2. The lowest BCUT2D eigenvalue weighted by atomic mass is 10.1. The van der Waals surface area contributed by atoms with Crippen molar-refractivity contribution in [3.05, 3.63) is 167 Å². The molecule has 9 aromatic rings. The predicted octanol–water partition coefficient (Wildman–Crippen LogP) is 7.78. The Morgan fingerprint density at radius 1 is 0.356 bits per heavy atom. The topological polar surface area (TPSA) is 67.0 Å². The number of hydrogen-bond acceptors (Lipinski definition) is 3. The van der Waals surface area contributed by atoms with E-state index in [1.54, 1.807) is 18.3 Å². The molecule has 0 aliphatic rings. The van der Waals surface area contributed by atoms with Crippen molar-refractivity contribution in [1.29, 1.82) is 0 Å². The number of benzene rings is 6. The molecule has 7 heteroatoms. The van der Waals surface area contributed by atoms with Crippen molar-refractivity contribution in [1.82, 2.24) is 18.3 Å². The van der Waals surface area contributed by atoms with Crippen LogP contribution in [0.1, 0.15) is 0 Å². The second kappa shape index (κ2) is 9.59. The van der Waals surface area contributed by atoms with E-state index in [-0.39, 0.29) is 11.4 Å². The van der Waals surface area contributed by atoms with Gasteiger partial charge in [-0.05, 0) is 84.9 Å². The van der Waals surface area contributed by atoms with Gasteiger partial charge in [0.05, 0.1) is 44.8 Å². The minimum Gasteiger partial charge on any atom is -0.456 e. The lowest BCUT2D eigenvalue weighted by molar-refractivity contribution is 0.668. The average molecular weight is 585 g/mol. The van der Waals surface area contributed by atoms with Gasteiger partial charge in [0, 0.05) is 10.8 Å². The molecule has 0 aliphatic heterocycles. The number of hydrogen-bond donors (Lipinski definition) is 0. The summed E-state index contributed by atoms with van der Waals surface area (Å²) >= 11 is 0. The lowest BCUT2D eigenvalue weighted by Crippen LogP contribution is -2.22. The molecule has 9 rings (SSSR count). The Hall–Kier alpha value is -6.34. The first-order valence-corrected chi connectivity index (χ1v) is 14.7. The van der Waals surface area contributed by atoms with E-state index >= 15 is 0 Å². The van der Waals surface area contributed by atoms with Crippen LogP contribution in [0.25, 0.3) is 66.8 Å². The normalized spacial score (nSPS) is 11.7. The fourth-order valence-electron chi connectivity index (χ4n) is 6.48. The van der Waals surface area contributed by atoms with Gasteiger partial charge in [0.1, 0.15) is 11.2 Å². The third-order valence-corrected chi connectivity index (χ3v) is 8.47. The standard InChI is InChI=1S/C38H24N4O3/c43-37-39(25-11-3-1-4-12-25)31-15-7-9-17-33(31)41(37)27-19-21-35-29(23-27)30-24-28(20-22-36(30)45-35)42-34-18-10-8-16-32(34)40(38(42)44)26-13-5-2-6-14-26/h1-24H. The smallest absolute Gasteiger partial charge is 0.338 e. The number of rotatable bonds is 4. The van der Waals surface area contributed by atoms with Gasteiger partial charge in [-0.1, -0.05) is 60.7 Å². The Morgan fingerprint density at radius 3 is 1.07 bits per heavy atom. The van der Waals surface area contributed by atoms with E-state index in [2.05, 4.69) is 0 Å². The van der Waals surface area contributed by atoms with E-state index in [1.807, 2.05) is 146 Å². The Labute approximate surface area is 255 Å². The molecule has 0 saturated carbocycles. The minimum atomic E-state index is -0.157. The van der Waals surface area contributed by atoms with E-state index in [4.69, 9.17) is 4.42 Å². The molecule has 0 N–H and O–H groups in total. The quantitative estimate of drug-likeness (QED) is 0.212. The highest BCUT2D eigenvalue weighted by molar-refractivity contribution is 6.06. The maximum Gasteiger partial charge on any atom is 0.338 e. The molecule has 0 fully saturated rings. The number of para-hydroxylation sites is 6. The zero-order valence-electron chi connectivity index (χ0n) is 23.9.